The predicted octanol–water partition coefficient (Wildman–Crippen LogP) is 3.48. The van der Waals surface area contributed by atoms with Crippen molar-refractivity contribution in [2.45, 2.75) is 15.6 Å². The first-order valence-electron chi connectivity index (χ1n) is 4.22. The lowest BCUT2D eigenvalue weighted by molar-refractivity contribution is 0.422. The SMILES string of the molecule is ClC1C2CC3C1C3C2C(Cl)(Cl)Cl. The lowest BCUT2D eigenvalue weighted by Gasteiger charge is -2.24. The molecular formula is C8H8Cl4. The number of alkyl halides is 4. The van der Waals surface area contributed by atoms with Gasteiger partial charge in [-0.15, -0.1) is 11.6 Å². The summed E-state index contributed by atoms with van der Waals surface area (Å²) in [5, 5.41) is 0.292. The van der Waals surface area contributed by atoms with Crippen LogP contribution in [-0.4, -0.2) is 9.17 Å². The minimum atomic E-state index is -1.08. The Bertz CT molecular complexity index is 234. The van der Waals surface area contributed by atoms with Crippen LogP contribution in [0, 0.1) is 29.6 Å². The third kappa shape index (κ3) is 0.834. The topological polar surface area (TPSA) is 0 Å². The van der Waals surface area contributed by atoms with Crippen LogP contribution in [0.25, 0.3) is 0 Å². The van der Waals surface area contributed by atoms with E-state index >= 15 is 0 Å². The molecule has 0 aromatic rings. The van der Waals surface area contributed by atoms with E-state index in [4.69, 9.17) is 46.4 Å². The standard InChI is InChI=1S/C8H8Cl4/c9-7-3-1-2-4(5(2)7)6(3)8(10,11)12/h2-7H,1H2. The van der Waals surface area contributed by atoms with E-state index in [-0.39, 0.29) is 5.92 Å². The Morgan fingerprint density at radius 1 is 1.00 bits per heavy atom. The van der Waals surface area contributed by atoms with Gasteiger partial charge in [0.2, 0.25) is 0 Å². The highest BCUT2D eigenvalue weighted by molar-refractivity contribution is 6.67. The van der Waals surface area contributed by atoms with Gasteiger partial charge in [-0.05, 0) is 30.1 Å². The summed E-state index contributed by atoms with van der Waals surface area (Å²) in [7, 11) is 0. The van der Waals surface area contributed by atoms with Gasteiger partial charge in [0.25, 0.3) is 0 Å². The van der Waals surface area contributed by atoms with Gasteiger partial charge in [-0.2, -0.15) is 0 Å². The molecule has 4 heteroatoms. The van der Waals surface area contributed by atoms with Gasteiger partial charge in [0, 0.05) is 11.3 Å². The van der Waals surface area contributed by atoms with Crippen molar-refractivity contribution >= 4 is 46.4 Å². The Labute approximate surface area is 91.5 Å². The fourth-order valence-corrected chi connectivity index (χ4v) is 5.05. The van der Waals surface area contributed by atoms with Crippen molar-refractivity contribution in [3.8, 4) is 0 Å². The second-order valence-corrected chi connectivity index (χ2v) is 7.10. The second-order valence-electron chi connectivity index (χ2n) is 4.23. The fourth-order valence-electron chi connectivity index (χ4n) is 3.52. The van der Waals surface area contributed by atoms with Crippen LogP contribution in [0.3, 0.4) is 0 Å². The van der Waals surface area contributed by atoms with E-state index in [0.29, 0.717) is 23.1 Å². The van der Waals surface area contributed by atoms with Gasteiger partial charge in [0.05, 0.1) is 0 Å². The minimum Gasteiger partial charge on any atom is -0.122 e. The molecule has 0 radical (unpaired) electrons. The van der Waals surface area contributed by atoms with Crippen LogP contribution in [0.2, 0.25) is 0 Å². The number of halogens is 4. The van der Waals surface area contributed by atoms with Crippen molar-refractivity contribution in [2.75, 3.05) is 0 Å². The average molecular weight is 246 g/mol. The molecule has 4 aliphatic rings. The van der Waals surface area contributed by atoms with Crippen LogP contribution in [-0.2, 0) is 0 Å². The molecular weight excluding hydrogens is 238 g/mol. The van der Waals surface area contributed by atoms with E-state index in [1.165, 1.54) is 6.42 Å². The highest BCUT2D eigenvalue weighted by Gasteiger charge is 2.76. The van der Waals surface area contributed by atoms with Gasteiger partial charge < -0.3 is 0 Å². The summed E-state index contributed by atoms with van der Waals surface area (Å²) in [6.07, 6.45) is 1.20. The second kappa shape index (κ2) is 2.21. The van der Waals surface area contributed by atoms with Crippen LogP contribution < -0.4 is 0 Å². The quantitative estimate of drug-likeness (QED) is 0.574. The zero-order chi connectivity index (χ0) is 8.67. The molecule has 0 spiro atoms. The molecule has 68 valence electrons. The fraction of sp³-hybridized carbons (Fsp3) is 1.00. The van der Waals surface area contributed by atoms with E-state index in [0.717, 1.165) is 5.92 Å². The highest BCUT2D eigenvalue weighted by Crippen LogP contribution is 2.77. The van der Waals surface area contributed by atoms with Gasteiger partial charge in [-0.3, -0.25) is 0 Å². The lowest BCUT2D eigenvalue weighted by atomic mass is 10.00. The molecule has 0 aliphatic heterocycles. The summed E-state index contributed by atoms with van der Waals surface area (Å²) in [6, 6.07) is 0. The van der Waals surface area contributed by atoms with Gasteiger partial charge in [-0.1, -0.05) is 34.8 Å². The smallest absolute Gasteiger partial charge is 0.122 e. The van der Waals surface area contributed by atoms with Crippen LogP contribution in [0.5, 0.6) is 0 Å². The molecule has 4 aliphatic carbocycles. The van der Waals surface area contributed by atoms with Gasteiger partial charge in [-0.25, -0.2) is 0 Å². The number of rotatable bonds is 0. The molecule has 12 heavy (non-hydrogen) atoms. The minimum absolute atomic E-state index is 0.236. The Kier molecular flexibility index (Phi) is 1.56. The first kappa shape index (κ1) is 8.47. The van der Waals surface area contributed by atoms with E-state index in [9.17, 15) is 0 Å². The van der Waals surface area contributed by atoms with Gasteiger partial charge in [0.15, 0.2) is 3.79 Å². The van der Waals surface area contributed by atoms with Crippen molar-refractivity contribution in [1.82, 2.24) is 0 Å². The molecule has 0 saturated heterocycles. The summed E-state index contributed by atoms with van der Waals surface area (Å²) in [4.78, 5) is 0. The Hall–Kier alpha value is 1.16. The van der Waals surface area contributed by atoms with Crippen molar-refractivity contribution < 1.29 is 0 Å². The molecule has 4 saturated carbocycles. The van der Waals surface area contributed by atoms with E-state index in [1.54, 1.807) is 0 Å². The Morgan fingerprint density at radius 3 is 1.83 bits per heavy atom. The van der Waals surface area contributed by atoms with Crippen molar-refractivity contribution in [2.24, 2.45) is 29.6 Å². The number of hydrogen-bond acceptors (Lipinski definition) is 0. The van der Waals surface area contributed by atoms with Crippen molar-refractivity contribution in [3.63, 3.8) is 0 Å². The van der Waals surface area contributed by atoms with E-state index in [2.05, 4.69) is 0 Å². The first-order valence-corrected chi connectivity index (χ1v) is 5.79. The van der Waals surface area contributed by atoms with E-state index < -0.39 is 3.79 Å². The van der Waals surface area contributed by atoms with Crippen LogP contribution in [0.15, 0.2) is 0 Å². The maximum Gasteiger partial charge on any atom is 0.193 e. The number of hydrogen-bond donors (Lipinski definition) is 0. The van der Waals surface area contributed by atoms with Crippen molar-refractivity contribution in [1.29, 1.82) is 0 Å². The van der Waals surface area contributed by atoms with Crippen LogP contribution in [0.1, 0.15) is 6.42 Å². The molecule has 0 aromatic heterocycles. The molecule has 4 rings (SSSR count). The molecule has 6 atom stereocenters. The monoisotopic (exact) mass is 244 g/mol. The molecule has 0 aromatic carbocycles. The molecule has 0 amide bonds. The van der Waals surface area contributed by atoms with Crippen molar-refractivity contribution in [3.05, 3.63) is 0 Å². The van der Waals surface area contributed by atoms with Crippen LogP contribution in [0.4, 0.5) is 0 Å². The molecule has 0 N–H and O–H groups in total. The third-order valence-electron chi connectivity index (χ3n) is 3.87. The Morgan fingerprint density at radius 2 is 1.67 bits per heavy atom. The average Bonchev–Trinajstić information content (AvgIpc) is 2.33. The molecule has 6 unspecified atom stereocenters. The van der Waals surface area contributed by atoms with Crippen LogP contribution >= 0.6 is 46.4 Å². The Balaban J connectivity index is 1.94. The lowest BCUT2D eigenvalue weighted by Crippen LogP contribution is -2.25. The predicted molar refractivity (Wildman–Crippen MR) is 52.0 cm³/mol. The van der Waals surface area contributed by atoms with Gasteiger partial charge in [0.1, 0.15) is 0 Å². The zero-order valence-corrected chi connectivity index (χ0v) is 9.21. The maximum absolute atomic E-state index is 6.22. The summed E-state index contributed by atoms with van der Waals surface area (Å²) in [5.74, 6) is 2.81. The summed E-state index contributed by atoms with van der Waals surface area (Å²) in [5.41, 5.74) is 0. The van der Waals surface area contributed by atoms with Gasteiger partial charge >= 0.3 is 0 Å². The molecule has 4 fully saturated rings. The molecule has 0 nitrogen and oxygen atoms in total. The summed E-state index contributed by atoms with van der Waals surface area (Å²) < 4.78 is -1.08. The maximum atomic E-state index is 6.22. The molecule has 4 bridgehead atoms. The summed E-state index contributed by atoms with van der Waals surface area (Å²) >= 11 is 24.0. The zero-order valence-electron chi connectivity index (χ0n) is 6.18. The normalized spacial score (nSPS) is 61.0. The molecule has 0 heterocycles. The first-order chi connectivity index (χ1) is 5.52. The van der Waals surface area contributed by atoms with E-state index in [1.807, 2.05) is 0 Å². The summed E-state index contributed by atoms with van der Waals surface area (Å²) in [6.45, 7) is 0. The third-order valence-corrected chi connectivity index (χ3v) is 5.24. The highest BCUT2D eigenvalue weighted by atomic mass is 35.6. The largest absolute Gasteiger partial charge is 0.193 e.